The number of amides is 2. The summed E-state index contributed by atoms with van der Waals surface area (Å²) in [5.74, 6) is 0.568. The molecular formula is C26H28N4O3. The average Bonchev–Trinajstić information content (AvgIpc) is 3.61. The van der Waals surface area contributed by atoms with Gasteiger partial charge < -0.3 is 15.4 Å². The van der Waals surface area contributed by atoms with Crippen LogP contribution in [-0.4, -0.2) is 28.2 Å². The number of carbonyl (C=O) groups is 2. The van der Waals surface area contributed by atoms with E-state index in [1.165, 1.54) is 11.3 Å². The first-order chi connectivity index (χ1) is 16.2. The number of hydrogen-bond donors (Lipinski definition) is 2. The standard InChI is InChI=1S/C26H28N4O3/c31-25(17-33-21-9-4-8-20(14-21)28-26(32)19-12-13-19)29-23-10-5-11-24-22(23)15-27-30(24)16-18-6-2-1-3-7-18/h1-4,6-9,14-15,19,23H,5,10-13,16-17H2,(H,28,32)(H,29,31). The fourth-order valence-electron chi connectivity index (χ4n) is 4.30. The third-order valence-electron chi connectivity index (χ3n) is 6.19. The van der Waals surface area contributed by atoms with Gasteiger partial charge in [0.05, 0.1) is 18.8 Å². The third kappa shape index (κ3) is 5.25. The molecular weight excluding hydrogens is 416 g/mol. The summed E-state index contributed by atoms with van der Waals surface area (Å²) >= 11 is 0. The fourth-order valence-corrected chi connectivity index (χ4v) is 4.30. The molecule has 7 heteroatoms. The Morgan fingerprint density at radius 3 is 2.73 bits per heavy atom. The summed E-state index contributed by atoms with van der Waals surface area (Å²) in [5, 5.41) is 10.6. The van der Waals surface area contributed by atoms with Crippen LogP contribution in [0.15, 0.2) is 60.8 Å². The molecule has 2 aromatic carbocycles. The Hall–Kier alpha value is -3.61. The molecule has 1 saturated carbocycles. The van der Waals surface area contributed by atoms with Gasteiger partial charge in [0.1, 0.15) is 5.75 Å². The van der Waals surface area contributed by atoms with Gasteiger partial charge >= 0.3 is 0 Å². The van der Waals surface area contributed by atoms with Crippen LogP contribution >= 0.6 is 0 Å². The lowest BCUT2D eigenvalue weighted by molar-refractivity contribution is -0.124. The van der Waals surface area contributed by atoms with Crippen molar-refractivity contribution in [2.24, 2.45) is 5.92 Å². The van der Waals surface area contributed by atoms with Gasteiger partial charge in [-0.3, -0.25) is 14.3 Å². The molecule has 2 aliphatic carbocycles. The molecule has 1 unspecified atom stereocenters. The smallest absolute Gasteiger partial charge is 0.258 e. The van der Waals surface area contributed by atoms with E-state index in [1.54, 1.807) is 12.1 Å². The van der Waals surface area contributed by atoms with Gasteiger partial charge in [-0.15, -0.1) is 0 Å². The summed E-state index contributed by atoms with van der Waals surface area (Å²) in [4.78, 5) is 24.6. The Balaban J connectivity index is 1.17. The van der Waals surface area contributed by atoms with Crippen molar-refractivity contribution in [2.45, 2.75) is 44.7 Å². The van der Waals surface area contributed by atoms with Gasteiger partial charge in [0.15, 0.2) is 6.61 Å². The maximum atomic E-state index is 12.6. The fraction of sp³-hybridized carbons (Fsp3) is 0.346. The van der Waals surface area contributed by atoms with Gasteiger partial charge in [-0.05, 0) is 49.8 Å². The predicted molar refractivity (Wildman–Crippen MR) is 125 cm³/mol. The van der Waals surface area contributed by atoms with E-state index in [1.807, 2.05) is 41.2 Å². The van der Waals surface area contributed by atoms with E-state index in [4.69, 9.17) is 4.74 Å². The Morgan fingerprint density at radius 1 is 1.06 bits per heavy atom. The van der Waals surface area contributed by atoms with Gasteiger partial charge in [-0.1, -0.05) is 36.4 Å². The molecule has 2 N–H and O–H groups in total. The molecule has 0 radical (unpaired) electrons. The molecule has 0 saturated heterocycles. The van der Waals surface area contributed by atoms with E-state index in [0.29, 0.717) is 11.4 Å². The monoisotopic (exact) mass is 444 g/mol. The molecule has 5 rings (SSSR count). The highest BCUT2D eigenvalue weighted by Crippen LogP contribution is 2.31. The first-order valence-electron chi connectivity index (χ1n) is 11.6. The van der Waals surface area contributed by atoms with E-state index in [-0.39, 0.29) is 30.4 Å². The number of aromatic nitrogens is 2. The third-order valence-corrected chi connectivity index (χ3v) is 6.19. The number of nitrogens with zero attached hydrogens (tertiary/aromatic N) is 2. The lowest BCUT2D eigenvalue weighted by atomic mass is 9.93. The molecule has 1 atom stereocenters. The second-order valence-corrected chi connectivity index (χ2v) is 8.78. The minimum atomic E-state index is -0.170. The Morgan fingerprint density at radius 2 is 1.91 bits per heavy atom. The normalized spacial score (nSPS) is 17.2. The minimum Gasteiger partial charge on any atom is -0.484 e. The van der Waals surface area contributed by atoms with Crippen LogP contribution in [0, 0.1) is 5.92 Å². The average molecular weight is 445 g/mol. The summed E-state index contributed by atoms with van der Waals surface area (Å²) in [6.07, 6.45) is 6.65. The van der Waals surface area contributed by atoms with Gasteiger partial charge in [0.25, 0.3) is 5.91 Å². The van der Waals surface area contributed by atoms with Crippen LogP contribution in [0.1, 0.15) is 48.5 Å². The molecule has 7 nitrogen and oxygen atoms in total. The number of fused-ring (bicyclic) bond motifs is 1. The van der Waals surface area contributed by atoms with Crippen LogP contribution in [0.5, 0.6) is 5.75 Å². The Kier molecular flexibility index (Phi) is 6.11. The molecule has 3 aromatic rings. The maximum Gasteiger partial charge on any atom is 0.258 e. The number of ether oxygens (including phenoxy) is 1. The molecule has 1 heterocycles. The zero-order chi connectivity index (χ0) is 22.6. The van der Waals surface area contributed by atoms with Crippen molar-refractivity contribution in [3.05, 3.63) is 77.6 Å². The topological polar surface area (TPSA) is 85.2 Å². The second kappa shape index (κ2) is 9.48. The van der Waals surface area contributed by atoms with Gasteiger partial charge in [0.2, 0.25) is 5.91 Å². The van der Waals surface area contributed by atoms with Crippen LogP contribution in [0.3, 0.4) is 0 Å². The Labute approximate surface area is 193 Å². The lowest BCUT2D eigenvalue weighted by Gasteiger charge is -2.24. The summed E-state index contributed by atoms with van der Waals surface area (Å²) < 4.78 is 7.74. The van der Waals surface area contributed by atoms with Crippen LogP contribution in [0.25, 0.3) is 0 Å². The lowest BCUT2D eigenvalue weighted by Crippen LogP contribution is -2.34. The van der Waals surface area contributed by atoms with Crippen molar-refractivity contribution in [1.29, 1.82) is 0 Å². The van der Waals surface area contributed by atoms with Crippen molar-refractivity contribution < 1.29 is 14.3 Å². The highest BCUT2D eigenvalue weighted by molar-refractivity contribution is 5.94. The number of nitrogens with one attached hydrogen (secondary N) is 2. The zero-order valence-corrected chi connectivity index (χ0v) is 18.5. The minimum absolute atomic E-state index is 0.0470. The quantitative estimate of drug-likeness (QED) is 0.553. The van der Waals surface area contributed by atoms with Gasteiger partial charge in [0, 0.05) is 28.9 Å². The largest absolute Gasteiger partial charge is 0.484 e. The predicted octanol–water partition coefficient (Wildman–Crippen LogP) is 3.85. The van der Waals surface area contributed by atoms with Crippen LogP contribution < -0.4 is 15.4 Å². The summed E-state index contributed by atoms with van der Waals surface area (Å²) in [6, 6.07) is 17.4. The molecule has 1 aromatic heterocycles. The molecule has 0 aliphatic heterocycles. The maximum absolute atomic E-state index is 12.6. The summed E-state index contributed by atoms with van der Waals surface area (Å²) in [5.41, 5.74) is 4.18. The van der Waals surface area contributed by atoms with Crippen LogP contribution in [0.4, 0.5) is 5.69 Å². The Bertz CT molecular complexity index is 1140. The van der Waals surface area contributed by atoms with Crippen LogP contribution in [-0.2, 0) is 22.6 Å². The van der Waals surface area contributed by atoms with Crippen molar-refractivity contribution in [3.63, 3.8) is 0 Å². The SMILES string of the molecule is O=C(COc1cccc(NC(=O)C2CC2)c1)NC1CCCc2c1cnn2Cc1ccccc1. The van der Waals surface area contributed by atoms with E-state index in [2.05, 4.69) is 27.9 Å². The molecule has 170 valence electrons. The highest BCUT2D eigenvalue weighted by Gasteiger charge is 2.29. The first kappa shape index (κ1) is 21.2. The zero-order valence-electron chi connectivity index (χ0n) is 18.5. The molecule has 2 aliphatic rings. The van der Waals surface area contributed by atoms with Gasteiger partial charge in [-0.25, -0.2) is 0 Å². The van der Waals surface area contributed by atoms with Crippen molar-refractivity contribution >= 4 is 17.5 Å². The number of hydrogen-bond acceptors (Lipinski definition) is 4. The van der Waals surface area contributed by atoms with E-state index < -0.39 is 0 Å². The molecule has 1 fully saturated rings. The van der Waals surface area contributed by atoms with Crippen molar-refractivity contribution in [2.75, 3.05) is 11.9 Å². The van der Waals surface area contributed by atoms with Crippen molar-refractivity contribution in [1.82, 2.24) is 15.1 Å². The highest BCUT2D eigenvalue weighted by atomic mass is 16.5. The van der Waals surface area contributed by atoms with E-state index in [9.17, 15) is 9.59 Å². The van der Waals surface area contributed by atoms with E-state index >= 15 is 0 Å². The molecule has 0 bridgehead atoms. The summed E-state index contributed by atoms with van der Waals surface area (Å²) in [7, 11) is 0. The van der Waals surface area contributed by atoms with E-state index in [0.717, 1.165) is 44.2 Å². The van der Waals surface area contributed by atoms with Gasteiger partial charge in [-0.2, -0.15) is 5.10 Å². The first-order valence-corrected chi connectivity index (χ1v) is 11.6. The van der Waals surface area contributed by atoms with Crippen LogP contribution in [0.2, 0.25) is 0 Å². The number of anilines is 1. The molecule has 33 heavy (non-hydrogen) atoms. The number of benzene rings is 2. The number of carbonyl (C=O) groups excluding carboxylic acids is 2. The molecule has 0 spiro atoms. The summed E-state index contributed by atoms with van der Waals surface area (Å²) in [6.45, 7) is 0.650. The molecule has 2 amide bonds. The van der Waals surface area contributed by atoms with Crippen molar-refractivity contribution in [3.8, 4) is 5.75 Å². The second-order valence-electron chi connectivity index (χ2n) is 8.78. The number of rotatable bonds is 8.